The molecule has 0 aliphatic carbocycles. The average molecular weight is 463 g/mol. The number of allylic oxidation sites excluding steroid dienone is 1. The van der Waals surface area contributed by atoms with Crippen molar-refractivity contribution in [3.8, 4) is 5.75 Å². The molecule has 0 radical (unpaired) electrons. The van der Waals surface area contributed by atoms with Gasteiger partial charge in [-0.3, -0.25) is 4.79 Å². The fourth-order valence-corrected chi connectivity index (χ4v) is 3.38. The molecule has 3 aromatic carbocycles. The van der Waals surface area contributed by atoms with E-state index in [0.717, 1.165) is 11.1 Å². The molecule has 3 rings (SSSR count). The predicted molar refractivity (Wildman–Crippen MR) is 129 cm³/mol. The molecule has 6 heteroatoms. The maximum absolute atomic E-state index is 12.8. The number of esters is 1. The number of hydrogen-bond acceptors (Lipinski definition) is 5. The van der Waals surface area contributed by atoms with Crippen molar-refractivity contribution in [3.63, 3.8) is 0 Å². The van der Waals surface area contributed by atoms with Crippen LogP contribution in [0, 0.1) is 0 Å². The molecule has 0 fully saturated rings. The number of para-hydroxylation sites is 1. The fourth-order valence-electron chi connectivity index (χ4n) is 3.18. The highest BCUT2D eigenvalue weighted by molar-refractivity contribution is 6.30. The van der Waals surface area contributed by atoms with Crippen LogP contribution in [0.2, 0.25) is 5.02 Å². The zero-order valence-corrected chi connectivity index (χ0v) is 19.0. The molecule has 0 atom stereocenters. The second kappa shape index (κ2) is 11.7. The van der Waals surface area contributed by atoms with Gasteiger partial charge in [0, 0.05) is 5.02 Å². The van der Waals surface area contributed by atoms with Crippen molar-refractivity contribution in [2.24, 2.45) is 0 Å². The first-order chi connectivity index (χ1) is 16.0. The Bertz CT molecular complexity index is 1200. The number of carbonyl (C=O) groups is 2. The SMILES string of the molecule is CO/C=C(/C(=O)OC)c1ccccc1COc1ccccc1C(=O)/C=C/c1cccc(Cl)c1. The van der Waals surface area contributed by atoms with Crippen LogP contribution < -0.4 is 4.74 Å². The second-order valence-electron chi connectivity index (χ2n) is 6.95. The number of carbonyl (C=O) groups excluding carboxylic acids is 2. The Hall–Kier alpha value is -3.83. The Morgan fingerprint density at radius 2 is 1.64 bits per heavy atom. The number of methoxy groups -OCH3 is 2. The highest BCUT2D eigenvalue weighted by Gasteiger charge is 2.17. The lowest BCUT2D eigenvalue weighted by atomic mass is 10.0. The molecule has 0 spiro atoms. The smallest absolute Gasteiger partial charge is 0.341 e. The van der Waals surface area contributed by atoms with Crippen LogP contribution in [0.1, 0.15) is 27.0 Å². The van der Waals surface area contributed by atoms with Crippen LogP contribution in [0.25, 0.3) is 11.6 Å². The predicted octanol–water partition coefficient (Wildman–Crippen LogP) is 5.98. The highest BCUT2D eigenvalue weighted by Crippen LogP contribution is 2.25. The van der Waals surface area contributed by atoms with Crippen molar-refractivity contribution in [2.45, 2.75) is 6.61 Å². The monoisotopic (exact) mass is 462 g/mol. The third-order valence-corrected chi connectivity index (χ3v) is 5.00. The summed E-state index contributed by atoms with van der Waals surface area (Å²) in [5.74, 6) is -0.289. The van der Waals surface area contributed by atoms with E-state index in [1.807, 2.05) is 30.3 Å². The van der Waals surface area contributed by atoms with Gasteiger partial charge in [-0.05, 0) is 47.0 Å². The van der Waals surface area contributed by atoms with E-state index >= 15 is 0 Å². The summed E-state index contributed by atoms with van der Waals surface area (Å²) in [6.07, 6.45) is 4.53. The van der Waals surface area contributed by atoms with Crippen LogP contribution in [-0.2, 0) is 20.9 Å². The molecule has 0 saturated carbocycles. The van der Waals surface area contributed by atoms with Gasteiger partial charge in [0.05, 0.1) is 26.0 Å². The van der Waals surface area contributed by atoms with E-state index in [1.165, 1.54) is 26.6 Å². The van der Waals surface area contributed by atoms with E-state index in [1.54, 1.807) is 48.5 Å². The van der Waals surface area contributed by atoms with Crippen LogP contribution >= 0.6 is 11.6 Å². The second-order valence-corrected chi connectivity index (χ2v) is 7.39. The summed E-state index contributed by atoms with van der Waals surface area (Å²) in [5.41, 5.74) is 2.88. The molecule has 0 heterocycles. The van der Waals surface area contributed by atoms with Crippen LogP contribution in [0.15, 0.2) is 85.1 Å². The van der Waals surface area contributed by atoms with Gasteiger partial charge < -0.3 is 14.2 Å². The summed E-state index contributed by atoms with van der Waals surface area (Å²) >= 11 is 6.01. The van der Waals surface area contributed by atoms with Crippen molar-refractivity contribution in [1.82, 2.24) is 0 Å². The van der Waals surface area contributed by atoms with E-state index in [4.69, 9.17) is 25.8 Å². The first-order valence-corrected chi connectivity index (χ1v) is 10.5. The van der Waals surface area contributed by atoms with Crippen LogP contribution in [0.5, 0.6) is 5.75 Å². The summed E-state index contributed by atoms with van der Waals surface area (Å²) in [6.45, 7) is 0.135. The molecule has 0 unspecified atom stereocenters. The molecule has 0 aromatic heterocycles. The van der Waals surface area contributed by atoms with Crippen molar-refractivity contribution in [3.05, 3.63) is 112 Å². The zero-order valence-electron chi connectivity index (χ0n) is 18.3. The molecular formula is C27H23ClO5. The molecule has 0 amide bonds. The Morgan fingerprint density at radius 3 is 2.36 bits per heavy atom. The Morgan fingerprint density at radius 1 is 0.909 bits per heavy atom. The lowest BCUT2D eigenvalue weighted by molar-refractivity contribution is -0.133. The summed E-state index contributed by atoms with van der Waals surface area (Å²) in [5, 5.41) is 0.598. The largest absolute Gasteiger partial charge is 0.503 e. The molecule has 0 aliphatic rings. The van der Waals surface area contributed by atoms with E-state index < -0.39 is 5.97 Å². The third-order valence-electron chi connectivity index (χ3n) is 4.76. The van der Waals surface area contributed by atoms with Crippen LogP contribution in [-0.4, -0.2) is 26.0 Å². The first kappa shape index (κ1) is 23.8. The standard InChI is InChI=1S/C27H23ClO5/c1-31-18-24(27(30)32-2)22-11-4-3-9-20(22)17-33-26-13-6-5-12-23(26)25(29)15-14-19-8-7-10-21(28)16-19/h3-16,18H,17H2,1-2H3/b15-14+,24-18+. The van der Waals surface area contributed by atoms with Crippen LogP contribution in [0.4, 0.5) is 0 Å². The minimum absolute atomic E-state index is 0.135. The first-order valence-electron chi connectivity index (χ1n) is 10.1. The molecule has 0 bridgehead atoms. The average Bonchev–Trinajstić information content (AvgIpc) is 2.84. The molecule has 0 N–H and O–H groups in total. The van der Waals surface area contributed by atoms with E-state index in [-0.39, 0.29) is 18.0 Å². The third kappa shape index (κ3) is 6.34. The normalized spacial score (nSPS) is 11.3. The van der Waals surface area contributed by atoms with Gasteiger partial charge in [0.25, 0.3) is 0 Å². The van der Waals surface area contributed by atoms with Gasteiger partial charge in [-0.15, -0.1) is 0 Å². The zero-order chi connectivity index (χ0) is 23.6. The number of halogens is 1. The lowest BCUT2D eigenvalue weighted by Gasteiger charge is -2.14. The number of ketones is 1. The molecule has 3 aromatic rings. The molecule has 33 heavy (non-hydrogen) atoms. The molecular weight excluding hydrogens is 440 g/mol. The van der Waals surface area contributed by atoms with Gasteiger partial charge in [-0.2, -0.15) is 0 Å². The summed E-state index contributed by atoms with van der Waals surface area (Å²) in [4.78, 5) is 25.0. The topological polar surface area (TPSA) is 61.8 Å². The number of rotatable bonds is 9. The van der Waals surface area contributed by atoms with Crippen molar-refractivity contribution < 1.29 is 23.8 Å². The van der Waals surface area contributed by atoms with Gasteiger partial charge in [0.1, 0.15) is 17.9 Å². The van der Waals surface area contributed by atoms with E-state index in [9.17, 15) is 9.59 Å². The summed E-state index contributed by atoms with van der Waals surface area (Å²) in [7, 11) is 2.77. The van der Waals surface area contributed by atoms with Crippen molar-refractivity contribution in [2.75, 3.05) is 14.2 Å². The van der Waals surface area contributed by atoms with Crippen molar-refractivity contribution in [1.29, 1.82) is 0 Å². The fraction of sp³-hybridized carbons (Fsp3) is 0.111. The quantitative estimate of drug-likeness (QED) is 0.169. The van der Waals surface area contributed by atoms with Gasteiger partial charge in [0.2, 0.25) is 0 Å². The lowest BCUT2D eigenvalue weighted by Crippen LogP contribution is -2.09. The summed E-state index contributed by atoms with van der Waals surface area (Å²) < 4.78 is 15.9. The maximum Gasteiger partial charge on any atom is 0.341 e. The van der Waals surface area contributed by atoms with Crippen molar-refractivity contribution >= 4 is 35.0 Å². The van der Waals surface area contributed by atoms with Crippen LogP contribution in [0.3, 0.4) is 0 Å². The van der Waals surface area contributed by atoms with Gasteiger partial charge in [0.15, 0.2) is 5.78 Å². The van der Waals surface area contributed by atoms with Gasteiger partial charge >= 0.3 is 5.97 Å². The molecule has 168 valence electrons. The number of hydrogen-bond donors (Lipinski definition) is 0. The van der Waals surface area contributed by atoms with E-state index in [2.05, 4.69) is 0 Å². The number of benzene rings is 3. The van der Waals surface area contributed by atoms with E-state index in [0.29, 0.717) is 21.9 Å². The maximum atomic E-state index is 12.8. The Balaban J connectivity index is 1.82. The molecule has 5 nitrogen and oxygen atoms in total. The Labute approximate surface area is 197 Å². The Kier molecular flexibility index (Phi) is 8.44. The van der Waals surface area contributed by atoms with Gasteiger partial charge in [-0.1, -0.05) is 66.2 Å². The molecule has 0 aliphatic heterocycles. The molecule has 0 saturated heterocycles. The minimum atomic E-state index is -0.522. The summed E-state index contributed by atoms with van der Waals surface area (Å²) in [6, 6.07) is 21.5. The number of ether oxygens (including phenoxy) is 3. The van der Waals surface area contributed by atoms with Gasteiger partial charge in [-0.25, -0.2) is 4.79 Å². The minimum Gasteiger partial charge on any atom is -0.503 e. The highest BCUT2D eigenvalue weighted by atomic mass is 35.5.